The van der Waals surface area contributed by atoms with Crippen LogP contribution in [0.1, 0.15) is 25.3 Å². The van der Waals surface area contributed by atoms with Gasteiger partial charge in [-0.1, -0.05) is 30.3 Å². The van der Waals surface area contributed by atoms with Crippen LogP contribution in [0.3, 0.4) is 0 Å². The van der Waals surface area contributed by atoms with Crippen molar-refractivity contribution in [2.75, 3.05) is 24.8 Å². The minimum Gasteiger partial charge on any atom is -0.454 e. The molecule has 8 nitrogen and oxygen atoms in total. The van der Waals surface area contributed by atoms with E-state index < -0.39 is 12.0 Å². The van der Waals surface area contributed by atoms with E-state index in [0.29, 0.717) is 23.7 Å². The molecular formula is C24H27N3O5. The molecule has 0 aromatic heterocycles. The van der Waals surface area contributed by atoms with Gasteiger partial charge in [-0.05, 0) is 37.5 Å². The average Bonchev–Trinajstić information content (AvgIpc) is 3.43. The summed E-state index contributed by atoms with van der Waals surface area (Å²) in [6.07, 6.45) is 1.80. The third kappa shape index (κ3) is 5.01. The van der Waals surface area contributed by atoms with Gasteiger partial charge in [-0.3, -0.25) is 14.4 Å². The maximum absolute atomic E-state index is 12.7. The standard InChI is InChI=1S/C24H27N3O5/c1-16(23(29)25-11-5-8-17-6-3-2-4-7-17)26-24(30)18-12-22(28)27(14-18)19-9-10-20-21(13-19)32-15-31-20/h2-4,6-7,9-10,13,16,18H,5,8,11-12,14-15H2,1H3,(H,25,29)(H,26,30)/t16-,18?/m1/s1. The summed E-state index contributed by atoms with van der Waals surface area (Å²) in [5.74, 6) is 0.0410. The molecule has 2 atom stereocenters. The predicted molar refractivity (Wildman–Crippen MR) is 118 cm³/mol. The van der Waals surface area contributed by atoms with E-state index in [9.17, 15) is 14.4 Å². The number of benzene rings is 2. The zero-order valence-corrected chi connectivity index (χ0v) is 18.0. The first kappa shape index (κ1) is 21.7. The van der Waals surface area contributed by atoms with E-state index in [1.54, 1.807) is 30.0 Å². The first-order valence-electron chi connectivity index (χ1n) is 10.8. The smallest absolute Gasteiger partial charge is 0.242 e. The summed E-state index contributed by atoms with van der Waals surface area (Å²) in [4.78, 5) is 39.1. The molecule has 4 rings (SSSR count). The fourth-order valence-corrected chi connectivity index (χ4v) is 3.88. The highest BCUT2D eigenvalue weighted by Gasteiger charge is 2.36. The third-order valence-electron chi connectivity index (χ3n) is 5.70. The van der Waals surface area contributed by atoms with Crippen LogP contribution in [0.2, 0.25) is 0 Å². The van der Waals surface area contributed by atoms with Crippen molar-refractivity contribution in [2.45, 2.75) is 32.2 Å². The summed E-state index contributed by atoms with van der Waals surface area (Å²) in [5.41, 5.74) is 1.89. The normalized spacial score (nSPS) is 17.8. The first-order chi connectivity index (χ1) is 15.5. The first-order valence-corrected chi connectivity index (χ1v) is 10.8. The molecule has 8 heteroatoms. The van der Waals surface area contributed by atoms with Crippen LogP contribution in [0.25, 0.3) is 0 Å². The number of carbonyl (C=O) groups is 3. The number of anilines is 1. The molecular weight excluding hydrogens is 410 g/mol. The lowest BCUT2D eigenvalue weighted by molar-refractivity contribution is -0.130. The molecule has 0 aliphatic carbocycles. The molecule has 1 unspecified atom stereocenters. The van der Waals surface area contributed by atoms with Crippen molar-refractivity contribution >= 4 is 23.4 Å². The number of hydrogen-bond acceptors (Lipinski definition) is 5. The van der Waals surface area contributed by atoms with Crippen molar-refractivity contribution in [1.29, 1.82) is 0 Å². The van der Waals surface area contributed by atoms with Gasteiger partial charge in [0.05, 0.1) is 5.92 Å². The van der Waals surface area contributed by atoms with Crippen LogP contribution in [-0.4, -0.2) is 43.6 Å². The lowest BCUT2D eigenvalue weighted by Crippen LogP contribution is -2.47. The minimum absolute atomic E-state index is 0.103. The molecule has 168 valence electrons. The Kier molecular flexibility index (Phi) is 6.58. The molecule has 0 saturated carbocycles. The van der Waals surface area contributed by atoms with Crippen LogP contribution in [-0.2, 0) is 20.8 Å². The van der Waals surface area contributed by atoms with Gasteiger partial charge in [-0.25, -0.2) is 0 Å². The fraction of sp³-hybridized carbons (Fsp3) is 0.375. The van der Waals surface area contributed by atoms with E-state index >= 15 is 0 Å². The van der Waals surface area contributed by atoms with Crippen molar-refractivity contribution in [3.63, 3.8) is 0 Å². The molecule has 1 saturated heterocycles. The molecule has 1 fully saturated rings. The Bertz CT molecular complexity index is 994. The van der Waals surface area contributed by atoms with Gasteiger partial charge in [0.25, 0.3) is 0 Å². The van der Waals surface area contributed by atoms with E-state index in [1.165, 1.54) is 5.56 Å². The minimum atomic E-state index is -0.672. The summed E-state index contributed by atoms with van der Waals surface area (Å²) < 4.78 is 10.7. The highest BCUT2D eigenvalue weighted by Crippen LogP contribution is 2.37. The monoisotopic (exact) mass is 437 g/mol. The average molecular weight is 437 g/mol. The van der Waals surface area contributed by atoms with Gasteiger partial charge in [0.1, 0.15) is 6.04 Å². The number of nitrogens with one attached hydrogen (secondary N) is 2. The maximum atomic E-state index is 12.7. The number of amides is 3. The SMILES string of the molecule is C[C@@H](NC(=O)C1CC(=O)N(c2ccc3c(c2)OCO3)C1)C(=O)NCCCc1ccccc1. The zero-order valence-electron chi connectivity index (χ0n) is 18.0. The molecule has 2 heterocycles. The van der Waals surface area contributed by atoms with Crippen molar-refractivity contribution in [2.24, 2.45) is 5.92 Å². The molecule has 2 aromatic carbocycles. The number of nitrogens with zero attached hydrogens (tertiary/aromatic N) is 1. The van der Waals surface area contributed by atoms with E-state index in [1.807, 2.05) is 18.2 Å². The number of ether oxygens (including phenoxy) is 2. The van der Waals surface area contributed by atoms with E-state index in [0.717, 1.165) is 12.8 Å². The molecule has 2 N–H and O–H groups in total. The van der Waals surface area contributed by atoms with Crippen LogP contribution in [0, 0.1) is 5.92 Å². The number of carbonyl (C=O) groups excluding carboxylic acids is 3. The summed E-state index contributed by atoms with van der Waals surface area (Å²) in [7, 11) is 0. The van der Waals surface area contributed by atoms with Gasteiger partial charge in [0.15, 0.2) is 11.5 Å². The van der Waals surface area contributed by atoms with Crippen molar-refractivity contribution in [3.8, 4) is 11.5 Å². The zero-order chi connectivity index (χ0) is 22.5. The molecule has 2 aromatic rings. The number of hydrogen-bond donors (Lipinski definition) is 2. The van der Waals surface area contributed by atoms with Gasteiger partial charge in [0, 0.05) is 31.3 Å². The Morgan fingerprint density at radius 2 is 1.91 bits per heavy atom. The highest BCUT2D eigenvalue weighted by molar-refractivity contribution is 6.01. The van der Waals surface area contributed by atoms with E-state index in [-0.39, 0.29) is 37.5 Å². The summed E-state index contributed by atoms with van der Waals surface area (Å²) in [6, 6.07) is 14.7. The number of rotatable bonds is 8. The van der Waals surface area contributed by atoms with Crippen molar-refractivity contribution in [1.82, 2.24) is 10.6 Å². The molecule has 3 amide bonds. The second-order valence-corrected chi connectivity index (χ2v) is 8.05. The highest BCUT2D eigenvalue weighted by atomic mass is 16.7. The number of fused-ring (bicyclic) bond motifs is 1. The Morgan fingerprint density at radius 1 is 1.12 bits per heavy atom. The van der Waals surface area contributed by atoms with Crippen LogP contribution < -0.4 is 25.0 Å². The maximum Gasteiger partial charge on any atom is 0.242 e. The summed E-state index contributed by atoms with van der Waals surface area (Å²) in [5, 5.41) is 5.60. The largest absolute Gasteiger partial charge is 0.454 e. The fourth-order valence-electron chi connectivity index (χ4n) is 3.88. The molecule has 0 spiro atoms. The summed E-state index contributed by atoms with van der Waals surface area (Å²) in [6.45, 7) is 2.60. The van der Waals surface area contributed by atoms with Crippen LogP contribution in [0.5, 0.6) is 11.5 Å². The Hall–Kier alpha value is -3.55. The second-order valence-electron chi connectivity index (χ2n) is 8.05. The molecule has 2 aliphatic heterocycles. The van der Waals surface area contributed by atoms with Crippen molar-refractivity contribution in [3.05, 3.63) is 54.1 Å². The van der Waals surface area contributed by atoms with Crippen LogP contribution in [0.4, 0.5) is 5.69 Å². The van der Waals surface area contributed by atoms with Gasteiger partial charge in [-0.15, -0.1) is 0 Å². The van der Waals surface area contributed by atoms with Gasteiger partial charge < -0.3 is 25.0 Å². The van der Waals surface area contributed by atoms with Gasteiger partial charge in [0.2, 0.25) is 24.5 Å². The Balaban J connectivity index is 1.23. The molecule has 32 heavy (non-hydrogen) atoms. The van der Waals surface area contributed by atoms with E-state index in [2.05, 4.69) is 22.8 Å². The topological polar surface area (TPSA) is 97.0 Å². The molecule has 0 bridgehead atoms. The summed E-state index contributed by atoms with van der Waals surface area (Å²) >= 11 is 0. The number of aryl methyl sites for hydroxylation is 1. The third-order valence-corrected chi connectivity index (χ3v) is 5.70. The van der Waals surface area contributed by atoms with Gasteiger partial charge in [-0.2, -0.15) is 0 Å². The molecule has 0 radical (unpaired) electrons. The van der Waals surface area contributed by atoms with Crippen molar-refractivity contribution < 1.29 is 23.9 Å². The lowest BCUT2D eigenvalue weighted by Gasteiger charge is -2.18. The molecule has 2 aliphatic rings. The quantitative estimate of drug-likeness (QED) is 0.616. The van der Waals surface area contributed by atoms with E-state index in [4.69, 9.17) is 9.47 Å². The lowest BCUT2D eigenvalue weighted by atomic mass is 10.1. The Morgan fingerprint density at radius 3 is 2.72 bits per heavy atom. The van der Waals surface area contributed by atoms with Crippen LogP contribution >= 0.6 is 0 Å². The predicted octanol–water partition coefficient (Wildman–Crippen LogP) is 2.02. The van der Waals surface area contributed by atoms with Crippen LogP contribution in [0.15, 0.2) is 48.5 Å². The second kappa shape index (κ2) is 9.72. The van der Waals surface area contributed by atoms with Gasteiger partial charge >= 0.3 is 0 Å². The Labute approximate surface area is 186 Å².